The van der Waals surface area contributed by atoms with Crippen LogP contribution in [0.3, 0.4) is 0 Å². The monoisotopic (exact) mass is 620 g/mol. The summed E-state index contributed by atoms with van der Waals surface area (Å²) in [4.78, 5) is 22.4. The van der Waals surface area contributed by atoms with E-state index in [-0.39, 0.29) is 36.2 Å². The largest absolute Gasteiger partial charge is 0.504 e. The van der Waals surface area contributed by atoms with E-state index in [2.05, 4.69) is 9.47 Å². The van der Waals surface area contributed by atoms with E-state index in [1.807, 2.05) is 0 Å². The Morgan fingerprint density at radius 3 is 1.25 bits per heavy atom. The second-order valence-electron chi connectivity index (χ2n) is 6.61. The summed E-state index contributed by atoms with van der Waals surface area (Å²) in [5, 5.41) is 36.6. The summed E-state index contributed by atoms with van der Waals surface area (Å²) in [6.45, 7) is -0.719. The van der Waals surface area contributed by atoms with Crippen LogP contribution < -0.4 is 0 Å². The van der Waals surface area contributed by atoms with E-state index in [0.717, 1.165) is 12.2 Å². The first-order chi connectivity index (χ1) is 16.6. The van der Waals surface area contributed by atoms with Crippen molar-refractivity contribution in [2.24, 2.45) is 0 Å². The van der Waals surface area contributed by atoms with E-state index in [1.54, 1.807) is 0 Å². The maximum Gasteiger partial charge on any atom is 0.330 e. The third-order valence-electron chi connectivity index (χ3n) is 3.58. The fourth-order valence-electron chi connectivity index (χ4n) is 2.02. The van der Waals surface area contributed by atoms with Crippen LogP contribution >= 0.6 is 69.6 Å². The lowest BCUT2D eigenvalue weighted by molar-refractivity contribution is -0.138. The van der Waals surface area contributed by atoms with E-state index < -0.39 is 19.5 Å². The molecule has 0 spiro atoms. The smallest absolute Gasteiger partial charge is 0.330 e. The van der Waals surface area contributed by atoms with Gasteiger partial charge in [-0.3, -0.25) is 0 Å². The van der Waals surface area contributed by atoms with Crippen LogP contribution in [0.25, 0.3) is 12.2 Å². The number of benzene rings is 2. The molecule has 4 N–H and O–H groups in total. The second-order valence-corrected chi connectivity index (χ2v) is 11.6. The zero-order chi connectivity index (χ0) is 27.5. The Morgan fingerprint density at radius 1 is 0.639 bits per heavy atom. The maximum atomic E-state index is 11.2. The van der Waals surface area contributed by atoms with Crippen molar-refractivity contribution >= 4 is 93.7 Å². The minimum atomic E-state index is -1.65. The number of phenolic OH excluding ortho intramolecular Hbond substituents is 4. The first-order valence-corrected chi connectivity index (χ1v) is 11.7. The number of esters is 2. The van der Waals surface area contributed by atoms with Crippen molar-refractivity contribution in [1.82, 2.24) is 0 Å². The molecule has 0 saturated heterocycles. The molecule has 0 radical (unpaired) electrons. The van der Waals surface area contributed by atoms with Crippen molar-refractivity contribution in [2.45, 2.75) is 7.59 Å². The minimum absolute atomic E-state index is 0.245. The third kappa shape index (κ3) is 14.4. The van der Waals surface area contributed by atoms with Crippen molar-refractivity contribution < 1.29 is 39.5 Å². The fourth-order valence-corrected chi connectivity index (χ4v) is 2.35. The number of hydrogen-bond acceptors (Lipinski definition) is 8. The van der Waals surface area contributed by atoms with Crippen LogP contribution in [0, 0.1) is 0 Å². The van der Waals surface area contributed by atoms with Crippen molar-refractivity contribution in [3.63, 3.8) is 0 Å². The van der Waals surface area contributed by atoms with Crippen molar-refractivity contribution in [1.29, 1.82) is 0 Å². The minimum Gasteiger partial charge on any atom is -0.504 e. The van der Waals surface area contributed by atoms with Gasteiger partial charge in [0.05, 0.1) is 0 Å². The summed E-state index contributed by atoms with van der Waals surface area (Å²) >= 11 is 32.4. The molecular formula is C22H18Cl6O8. The van der Waals surface area contributed by atoms with Crippen molar-refractivity contribution in [3.05, 3.63) is 59.7 Å². The molecular weight excluding hydrogens is 605 g/mol. The van der Waals surface area contributed by atoms with Gasteiger partial charge in [0, 0.05) is 12.2 Å². The predicted molar refractivity (Wildman–Crippen MR) is 140 cm³/mol. The topological polar surface area (TPSA) is 134 Å². The summed E-state index contributed by atoms with van der Waals surface area (Å²) in [6.07, 6.45) is 5.00. The predicted octanol–water partition coefficient (Wildman–Crippen LogP) is 6.05. The van der Waals surface area contributed by atoms with Crippen LogP contribution in [-0.2, 0) is 19.1 Å². The van der Waals surface area contributed by atoms with Gasteiger partial charge in [0.15, 0.2) is 23.0 Å². The molecule has 0 fully saturated rings. The Kier molecular flexibility index (Phi) is 12.8. The highest BCUT2D eigenvalue weighted by atomic mass is 35.6. The van der Waals surface area contributed by atoms with Crippen LogP contribution in [0.1, 0.15) is 11.1 Å². The van der Waals surface area contributed by atoms with Gasteiger partial charge in [0.25, 0.3) is 0 Å². The number of rotatable bonds is 6. The van der Waals surface area contributed by atoms with Crippen LogP contribution in [-0.4, -0.2) is 53.2 Å². The molecule has 0 heterocycles. The fraction of sp³-hybridized carbons (Fsp3) is 0.182. The molecule has 0 amide bonds. The molecule has 0 aliphatic carbocycles. The van der Waals surface area contributed by atoms with Gasteiger partial charge in [0.2, 0.25) is 7.59 Å². The normalized spacial score (nSPS) is 11.7. The standard InChI is InChI=1S/2C11H9Cl3O4/c2*12-11(13,14)6-18-10(17)4-2-7-1-3-8(15)9(16)5-7/h2*1-5,15-16H,6H2/b2*4-2+. The maximum absolute atomic E-state index is 11.2. The number of carbonyl (C=O) groups is 2. The molecule has 36 heavy (non-hydrogen) atoms. The zero-order valence-electron chi connectivity index (χ0n) is 17.9. The number of carbonyl (C=O) groups excluding carboxylic acids is 2. The van der Waals surface area contributed by atoms with E-state index in [9.17, 15) is 19.8 Å². The van der Waals surface area contributed by atoms with Crippen molar-refractivity contribution in [2.75, 3.05) is 13.2 Å². The van der Waals surface area contributed by atoms with Gasteiger partial charge in [0.1, 0.15) is 13.2 Å². The summed E-state index contributed by atoms with van der Waals surface area (Å²) in [6, 6.07) is 8.17. The molecule has 0 unspecified atom stereocenters. The molecule has 2 aromatic carbocycles. The lowest BCUT2D eigenvalue weighted by atomic mass is 10.2. The summed E-state index contributed by atoms with van der Waals surface area (Å²) in [5.74, 6) is -2.43. The van der Waals surface area contributed by atoms with E-state index in [1.165, 1.54) is 48.6 Å². The molecule has 14 heteroatoms. The molecule has 196 valence electrons. The first-order valence-electron chi connectivity index (χ1n) is 9.43. The summed E-state index contributed by atoms with van der Waals surface area (Å²) in [5.41, 5.74) is 1.02. The second kappa shape index (κ2) is 14.5. The number of phenols is 4. The van der Waals surface area contributed by atoms with E-state index in [4.69, 9.17) is 79.8 Å². The molecule has 8 nitrogen and oxygen atoms in total. The quantitative estimate of drug-likeness (QED) is 0.132. The Bertz CT molecular complexity index is 1020. The van der Waals surface area contributed by atoms with E-state index >= 15 is 0 Å². The molecule has 0 bridgehead atoms. The molecule has 0 saturated carbocycles. The lowest BCUT2D eigenvalue weighted by Gasteiger charge is -2.09. The van der Waals surface area contributed by atoms with Gasteiger partial charge in [-0.2, -0.15) is 0 Å². The molecule has 0 aliphatic rings. The number of ether oxygens (including phenoxy) is 2. The third-order valence-corrected chi connectivity index (χ3v) is 4.23. The van der Waals surface area contributed by atoms with Gasteiger partial charge in [-0.1, -0.05) is 81.7 Å². The molecule has 0 aromatic heterocycles. The summed E-state index contributed by atoms with van der Waals surface area (Å²) < 4.78 is 5.99. The average Bonchev–Trinajstić information content (AvgIpc) is 2.77. The number of alkyl halides is 6. The Balaban J connectivity index is 0.000000360. The molecule has 2 aromatic rings. The lowest BCUT2D eigenvalue weighted by Crippen LogP contribution is -2.15. The van der Waals surface area contributed by atoms with E-state index in [0.29, 0.717) is 11.1 Å². The van der Waals surface area contributed by atoms with Crippen molar-refractivity contribution in [3.8, 4) is 23.0 Å². The van der Waals surface area contributed by atoms with Crippen LogP contribution in [0.2, 0.25) is 0 Å². The molecule has 2 rings (SSSR count). The highest BCUT2D eigenvalue weighted by Crippen LogP contribution is 2.28. The molecule has 0 atom stereocenters. The zero-order valence-corrected chi connectivity index (χ0v) is 22.4. The Morgan fingerprint density at radius 2 is 0.972 bits per heavy atom. The average molecular weight is 623 g/mol. The van der Waals surface area contributed by atoms with Gasteiger partial charge in [-0.25, -0.2) is 9.59 Å². The highest BCUT2D eigenvalue weighted by molar-refractivity contribution is 6.68. The number of halogens is 6. The Hall–Kier alpha value is -2.20. The van der Waals surface area contributed by atoms with Gasteiger partial charge in [-0.15, -0.1) is 0 Å². The van der Waals surface area contributed by atoms with Crippen LogP contribution in [0.15, 0.2) is 48.6 Å². The summed E-state index contributed by atoms with van der Waals surface area (Å²) in [7, 11) is 0. The highest BCUT2D eigenvalue weighted by Gasteiger charge is 2.22. The van der Waals surface area contributed by atoms with Crippen LogP contribution in [0.4, 0.5) is 0 Å². The van der Waals surface area contributed by atoms with Gasteiger partial charge >= 0.3 is 11.9 Å². The number of hydrogen-bond donors (Lipinski definition) is 4. The first kappa shape index (κ1) is 31.8. The number of aromatic hydroxyl groups is 4. The van der Waals surface area contributed by atoms with Gasteiger partial charge in [-0.05, 0) is 47.5 Å². The SMILES string of the molecule is O=C(/C=C/c1ccc(O)c(O)c1)OCC(Cl)(Cl)Cl.O=C(/C=C/c1ccc(O)c(O)c1)OCC(Cl)(Cl)Cl. The Labute approximate surface area is 235 Å². The van der Waals surface area contributed by atoms with Crippen LogP contribution in [0.5, 0.6) is 23.0 Å². The molecule has 0 aliphatic heterocycles. The van der Waals surface area contributed by atoms with Gasteiger partial charge < -0.3 is 29.9 Å².